The second-order valence-electron chi connectivity index (χ2n) is 2.67. The van der Waals surface area contributed by atoms with Crippen LogP contribution in [0.3, 0.4) is 0 Å². The number of benzene rings is 1. The molecule has 0 unspecified atom stereocenters. The van der Waals surface area contributed by atoms with Crippen LogP contribution in [0.2, 0.25) is 0 Å². The first-order chi connectivity index (χ1) is 5.70. The standard InChI is InChI=1S/C9H5F3/c10-7-4-5-2-1-3-6(5)8(11)9(7)12/h1,3-4H,2H2. The van der Waals surface area contributed by atoms with E-state index in [0.29, 0.717) is 12.0 Å². The van der Waals surface area contributed by atoms with Crippen molar-refractivity contribution in [3.63, 3.8) is 0 Å². The molecule has 0 nitrogen and oxygen atoms in total. The molecule has 0 saturated carbocycles. The third-order valence-corrected chi connectivity index (χ3v) is 1.91. The van der Waals surface area contributed by atoms with Gasteiger partial charge in [-0.2, -0.15) is 0 Å². The molecule has 3 heteroatoms. The van der Waals surface area contributed by atoms with Gasteiger partial charge in [0.2, 0.25) is 0 Å². The smallest absolute Gasteiger partial charge is 0.195 e. The lowest BCUT2D eigenvalue weighted by molar-refractivity contribution is 0.445. The van der Waals surface area contributed by atoms with E-state index < -0.39 is 17.5 Å². The van der Waals surface area contributed by atoms with Crippen LogP contribution in [0, 0.1) is 17.5 Å². The van der Waals surface area contributed by atoms with E-state index in [1.165, 1.54) is 6.08 Å². The molecule has 0 fully saturated rings. The van der Waals surface area contributed by atoms with Crippen LogP contribution in [0.25, 0.3) is 6.08 Å². The summed E-state index contributed by atoms with van der Waals surface area (Å²) < 4.78 is 38.1. The van der Waals surface area contributed by atoms with Crippen molar-refractivity contribution in [3.8, 4) is 0 Å². The summed E-state index contributed by atoms with van der Waals surface area (Å²) in [6.45, 7) is 0. The maximum absolute atomic E-state index is 12.9. The van der Waals surface area contributed by atoms with Crippen LogP contribution in [0.1, 0.15) is 11.1 Å². The predicted octanol–water partition coefficient (Wildman–Crippen LogP) is 2.67. The summed E-state index contributed by atoms with van der Waals surface area (Å²) in [6.07, 6.45) is 3.61. The van der Waals surface area contributed by atoms with Crippen LogP contribution in [0.5, 0.6) is 0 Å². The van der Waals surface area contributed by atoms with Crippen molar-refractivity contribution in [1.29, 1.82) is 0 Å². The van der Waals surface area contributed by atoms with Crippen molar-refractivity contribution in [2.45, 2.75) is 6.42 Å². The third kappa shape index (κ3) is 0.858. The average molecular weight is 170 g/mol. The van der Waals surface area contributed by atoms with E-state index in [1.807, 2.05) is 0 Å². The van der Waals surface area contributed by atoms with Crippen molar-refractivity contribution < 1.29 is 13.2 Å². The van der Waals surface area contributed by atoms with E-state index in [0.717, 1.165) is 6.07 Å². The van der Waals surface area contributed by atoms with Crippen LogP contribution < -0.4 is 0 Å². The summed E-state index contributed by atoms with van der Waals surface area (Å²) >= 11 is 0. The molecular formula is C9H5F3. The van der Waals surface area contributed by atoms with Crippen molar-refractivity contribution in [2.24, 2.45) is 0 Å². The Morgan fingerprint density at radius 2 is 1.83 bits per heavy atom. The minimum absolute atomic E-state index is 0.175. The second-order valence-corrected chi connectivity index (χ2v) is 2.67. The zero-order valence-electron chi connectivity index (χ0n) is 6.07. The lowest BCUT2D eigenvalue weighted by atomic mass is 10.1. The molecule has 1 aliphatic rings. The van der Waals surface area contributed by atoms with Gasteiger partial charge in [-0.15, -0.1) is 0 Å². The van der Waals surface area contributed by atoms with Gasteiger partial charge in [0.15, 0.2) is 17.5 Å². The zero-order valence-corrected chi connectivity index (χ0v) is 6.07. The van der Waals surface area contributed by atoms with Crippen LogP contribution >= 0.6 is 0 Å². The summed E-state index contributed by atoms with van der Waals surface area (Å²) in [4.78, 5) is 0. The van der Waals surface area contributed by atoms with Gasteiger partial charge in [-0.3, -0.25) is 0 Å². The Bertz CT molecular complexity index is 367. The van der Waals surface area contributed by atoms with Gasteiger partial charge in [0.25, 0.3) is 0 Å². The molecule has 0 spiro atoms. The largest absolute Gasteiger partial charge is 0.204 e. The molecule has 0 bridgehead atoms. The highest BCUT2D eigenvalue weighted by Crippen LogP contribution is 2.25. The van der Waals surface area contributed by atoms with Gasteiger partial charge in [-0.1, -0.05) is 12.2 Å². The Morgan fingerprint density at radius 1 is 1.08 bits per heavy atom. The normalized spacial score (nSPS) is 13.6. The Hall–Kier alpha value is -1.25. The minimum Gasteiger partial charge on any atom is -0.204 e. The average Bonchev–Trinajstić information content (AvgIpc) is 2.48. The predicted molar refractivity (Wildman–Crippen MR) is 39.1 cm³/mol. The Balaban J connectivity index is 2.73. The highest BCUT2D eigenvalue weighted by molar-refractivity contribution is 5.60. The maximum atomic E-state index is 12.9. The molecule has 1 aromatic carbocycles. The summed E-state index contributed by atoms with van der Waals surface area (Å²) in [5, 5.41) is 0. The zero-order chi connectivity index (χ0) is 8.72. The molecule has 0 atom stereocenters. The molecule has 0 N–H and O–H groups in total. The van der Waals surface area contributed by atoms with E-state index in [2.05, 4.69) is 0 Å². The maximum Gasteiger partial charge on any atom is 0.195 e. The first kappa shape index (κ1) is 7.40. The lowest BCUT2D eigenvalue weighted by Crippen LogP contribution is -1.96. The second kappa shape index (κ2) is 2.37. The van der Waals surface area contributed by atoms with E-state index in [1.54, 1.807) is 6.08 Å². The van der Waals surface area contributed by atoms with E-state index in [9.17, 15) is 13.2 Å². The van der Waals surface area contributed by atoms with Gasteiger partial charge < -0.3 is 0 Å². The van der Waals surface area contributed by atoms with E-state index in [4.69, 9.17) is 0 Å². The number of fused-ring (bicyclic) bond motifs is 1. The van der Waals surface area contributed by atoms with Crippen molar-refractivity contribution in [2.75, 3.05) is 0 Å². The molecule has 0 aliphatic heterocycles. The molecule has 62 valence electrons. The topological polar surface area (TPSA) is 0 Å². The number of hydrogen-bond donors (Lipinski definition) is 0. The Morgan fingerprint density at radius 3 is 2.58 bits per heavy atom. The molecule has 1 aliphatic carbocycles. The molecular weight excluding hydrogens is 165 g/mol. The van der Waals surface area contributed by atoms with Crippen molar-refractivity contribution >= 4 is 6.08 Å². The van der Waals surface area contributed by atoms with Gasteiger partial charge in [0, 0.05) is 5.56 Å². The van der Waals surface area contributed by atoms with Crippen LogP contribution in [0.4, 0.5) is 13.2 Å². The van der Waals surface area contributed by atoms with Gasteiger partial charge in [0.05, 0.1) is 0 Å². The quantitative estimate of drug-likeness (QED) is 0.525. The summed E-state index contributed by atoms with van der Waals surface area (Å²) in [5.41, 5.74) is 0.681. The Kier molecular flexibility index (Phi) is 1.46. The lowest BCUT2D eigenvalue weighted by Gasteiger charge is -2.01. The summed E-state index contributed by atoms with van der Waals surface area (Å²) in [7, 11) is 0. The first-order valence-corrected chi connectivity index (χ1v) is 3.53. The summed E-state index contributed by atoms with van der Waals surface area (Å²) in [6, 6.07) is 1.04. The van der Waals surface area contributed by atoms with E-state index in [-0.39, 0.29) is 5.56 Å². The molecule has 0 saturated heterocycles. The molecule has 0 radical (unpaired) electrons. The fourth-order valence-corrected chi connectivity index (χ4v) is 1.31. The number of halogens is 3. The summed E-state index contributed by atoms with van der Waals surface area (Å²) in [5.74, 6) is -3.59. The molecule has 1 aromatic rings. The first-order valence-electron chi connectivity index (χ1n) is 3.53. The van der Waals surface area contributed by atoms with Crippen LogP contribution in [-0.2, 0) is 6.42 Å². The SMILES string of the molecule is Fc1cc2c(c(F)c1F)C=CC2. The van der Waals surface area contributed by atoms with Crippen molar-refractivity contribution in [3.05, 3.63) is 40.7 Å². The van der Waals surface area contributed by atoms with Crippen LogP contribution in [-0.4, -0.2) is 0 Å². The van der Waals surface area contributed by atoms with Gasteiger partial charge in [0.1, 0.15) is 0 Å². The Labute approximate surface area is 67.3 Å². The number of rotatable bonds is 0. The van der Waals surface area contributed by atoms with E-state index >= 15 is 0 Å². The van der Waals surface area contributed by atoms with Crippen LogP contribution in [0.15, 0.2) is 12.1 Å². The highest BCUT2D eigenvalue weighted by Gasteiger charge is 2.18. The fourth-order valence-electron chi connectivity index (χ4n) is 1.31. The highest BCUT2D eigenvalue weighted by atomic mass is 19.2. The molecule has 12 heavy (non-hydrogen) atoms. The van der Waals surface area contributed by atoms with Gasteiger partial charge in [-0.05, 0) is 18.1 Å². The monoisotopic (exact) mass is 170 g/mol. The van der Waals surface area contributed by atoms with Crippen molar-refractivity contribution in [1.82, 2.24) is 0 Å². The molecule has 0 amide bonds. The number of hydrogen-bond acceptors (Lipinski definition) is 0. The van der Waals surface area contributed by atoms with Gasteiger partial charge >= 0.3 is 0 Å². The molecule has 2 rings (SSSR count). The molecule has 0 heterocycles. The van der Waals surface area contributed by atoms with Gasteiger partial charge in [-0.25, -0.2) is 13.2 Å². The third-order valence-electron chi connectivity index (χ3n) is 1.91. The fraction of sp³-hybridized carbons (Fsp3) is 0.111. The molecule has 0 aromatic heterocycles. The number of allylic oxidation sites excluding steroid dienone is 1. The minimum atomic E-state index is -1.39.